The fourth-order valence-electron chi connectivity index (χ4n) is 4.63. The molecular formula is C25H24FNO4. The number of carbonyl (C=O) groups excluding carboxylic acids is 2. The van der Waals surface area contributed by atoms with Crippen LogP contribution in [0.25, 0.3) is 0 Å². The molecule has 2 aliphatic rings. The maximum atomic E-state index is 13.6. The molecule has 31 heavy (non-hydrogen) atoms. The Kier molecular flexibility index (Phi) is 5.72. The fourth-order valence-corrected chi connectivity index (χ4v) is 4.63. The molecule has 4 rings (SSSR count). The van der Waals surface area contributed by atoms with Gasteiger partial charge in [-0.1, -0.05) is 24.3 Å². The van der Waals surface area contributed by atoms with Crippen LogP contribution in [-0.2, 0) is 14.3 Å². The molecule has 0 saturated carbocycles. The van der Waals surface area contributed by atoms with E-state index in [1.807, 2.05) is 24.3 Å². The van der Waals surface area contributed by atoms with Gasteiger partial charge in [0.25, 0.3) is 0 Å². The number of Topliss-reactive ketones (excluding diaryl/α,β-unsaturated/α-hetero) is 1. The minimum atomic E-state index is -0.712. The van der Waals surface area contributed by atoms with Gasteiger partial charge < -0.3 is 9.47 Å². The summed E-state index contributed by atoms with van der Waals surface area (Å²) in [4.78, 5) is 30.7. The van der Waals surface area contributed by atoms with Gasteiger partial charge in [-0.15, -0.1) is 0 Å². The lowest BCUT2D eigenvalue weighted by atomic mass is 9.69. The summed E-state index contributed by atoms with van der Waals surface area (Å²) in [6.45, 7) is 1.78. The number of nitrogens with zero attached hydrogens (tertiary/aromatic N) is 1. The van der Waals surface area contributed by atoms with Crippen molar-refractivity contribution in [3.05, 3.63) is 76.7 Å². The second kappa shape index (κ2) is 8.46. The number of ether oxygens (including phenoxy) is 2. The number of aliphatic imine (C=N–C) groups is 1. The Morgan fingerprint density at radius 3 is 2.26 bits per heavy atom. The minimum absolute atomic E-state index is 0.00255. The van der Waals surface area contributed by atoms with E-state index in [0.29, 0.717) is 35.4 Å². The lowest BCUT2D eigenvalue weighted by Gasteiger charge is -2.36. The van der Waals surface area contributed by atoms with E-state index >= 15 is 0 Å². The van der Waals surface area contributed by atoms with Crippen LogP contribution in [0.2, 0.25) is 0 Å². The number of rotatable bonds is 4. The van der Waals surface area contributed by atoms with E-state index in [0.717, 1.165) is 11.3 Å². The van der Waals surface area contributed by atoms with Crippen LogP contribution < -0.4 is 4.74 Å². The van der Waals surface area contributed by atoms with Crippen LogP contribution in [0, 0.1) is 11.7 Å². The molecule has 2 aromatic rings. The SMILES string of the molecule is COC(=O)C1C(C)=NC2=C(C(=O)C[C@H](c3ccc(OC)cc3)C2)[C@H]1c1ccc(F)cc1. The third-order valence-electron chi connectivity index (χ3n) is 6.16. The first-order chi connectivity index (χ1) is 14.9. The Bertz CT molecular complexity index is 1070. The third kappa shape index (κ3) is 3.90. The van der Waals surface area contributed by atoms with Gasteiger partial charge in [-0.05, 0) is 54.7 Å². The van der Waals surface area contributed by atoms with Gasteiger partial charge in [0, 0.05) is 29.3 Å². The van der Waals surface area contributed by atoms with Crippen molar-refractivity contribution in [2.45, 2.75) is 31.6 Å². The molecule has 0 radical (unpaired) electrons. The molecule has 6 heteroatoms. The topological polar surface area (TPSA) is 65.0 Å². The van der Waals surface area contributed by atoms with Gasteiger partial charge in [0.05, 0.1) is 14.2 Å². The van der Waals surface area contributed by atoms with E-state index in [1.54, 1.807) is 26.2 Å². The number of hydrogen-bond acceptors (Lipinski definition) is 5. The predicted octanol–water partition coefficient (Wildman–Crippen LogP) is 4.58. The van der Waals surface area contributed by atoms with Crippen LogP contribution in [0.5, 0.6) is 5.75 Å². The second-order valence-corrected chi connectivity index (χ2v) is 7.95. The van der Waals surface area contributed by atoms with Gasteiger partial charge in [-0.3, -0.25) is 14.6 Å². The number of benzene rings is 2. The first-order valence-electron chi connectivity index (χ1n) is 10.2. The quantitative estimate of drug-likeness (QED) is 0.678. The molecule has 0 saturated heterocycles. The number of hydrogen-bond donors (Lipinski definition) is 0. The monoisotopic (exact) mass is 421 g/mol. The van der Waals surface area contributed by atoms with E-state index < -0.39 is 17.8 Å². The highest BCUT2D eigenvalue weighted by Crippen LogP contribution is 2.46. The molecule has 0 spiro atoms. The number of allylic oxidation sites excluding steroid dienone is 2. The molecular weight excluding hydrogens is 397 g/mol. The summed E-state index contributed by atoms with van der Waals surface area (Å²) in [5.74, 6) is -1.36. The first kappa shape index (κ1) is 21.0. The number of carbonyl (C=O) groups is 2. The number of esters is 1. The summed E-state index contributed by atoms with van der Waals surface area (Å²) >= 11 is 0. The van der Waals surface area contributed by atoms with Crippen LogP contribution in [0.15, 0.2) is 64.8 Å². The van der Waals surface area contributed by atoms with Gasteiger partial charge in [0.15, 0.2) is 5.78 Å². The molecule has 0 bridgehead atoms. The van der Waals surface area contributed by atoms with Crippen molar-refractivity contribution in [1.29, 1.82) is 0 Å². The minimum Gasteiger partial charge on any atom is -0.497 e. The number of methoxy groups -OCH3 is 2. The van der Waals surface area contributed by atoms with Gasteiger partial charge >= 0.3 is 5.97 Å². The lowest BCUT2D eigenvalue weighted by molar-refractivity contribution is -0.143. The zero-order valence-electron chi connectivity index (χ0n) is 17.7. The largest absolute Gasteiger partial charge is 0.497 e. The lowest BCUT2D eigenvalue weighted by Crippen LogP contribution is -2.37. The molecule has 0 amide bonds. The van der Waals surface area contributed by atoms with E-state index in [2.05, 4.69) is 4.99 Å². The fraction of sp³-hybridized carbons (Fsp3) is 0.320. The highest BCUT2D eigenvalue weighted by atomic mass is 19.1. The van der Waals surface area contributed by atoms with Crippen LogP contribution >= 0.6 is 0 Å². The summed E-state index contributed by atoms with van der Waals surface area (Å²) in [6, 6.07) is 13.6. The summed E-state index contributed by atoms with van der Waals surface area (Å²) in [7, 11) is 2.94. The molecule has 0 fully saturated rings. The van der Waals surface area contributed by atoms with E-state index in [4.69, 9.17) is 9.47 Å². The van der Waals surface area contributed by atoms with Gasteiger partial charge in [0.1, 0.15) is 17.5 Å². The van der Waals surface area contributed by atoms with Crippen LogP contribution in [0.1, 0.15) is 42.7 Å². The zero-order valence-corrected chi connectivity index (χ0v) is 17.7. The number of halogens is 1. The average molecular weight is 421 g/mol. The van der Waals surface area contributed by atoms with Crippen molar-refractivity contribution in [3.8, 4) is 5.75 Å². The molecule has 0 N–H and O–H groups in total. The Morgan fingerprint density at radius 1 is 1.00 bits per heavy atom. The van der Waals surface area contributed by atoms with Crippen molar-refractivity contribution >= 4 is 17.5 Å². The summed E-state index contributed by atoms with van der Waals surface area (Å²) in [6.07, 6.45) is 0.918. The first-order valence-corrected chi connectivity index (χ1v) is 10.2. The molecule has 1 aliphatic heterocycles. The molecule has 160 valence electrons. The van der Waals surface area contributed by atoms with Crippen molar-refractivity contribution in [3.63, 3.8) is 0 Å². The van der Waals surface area contributed by atoms with Gasteiger partial charge in [-0.25, -0.2) is 4.39 Å². The summed E-state index contributed by atoms with van der Waals surface area (Å²) in [5.41, 5.74) is 3.58. The van der Waals surface area contributed by atoms with Crippen molar-refractivity contribution < 1.29 is 23.5 Å². The Balaban J connectivity index is 1.77. The molecule has 1 heterocycles. The van der Waals surface area contributed by atoms with Crippen molar-refractivity contribution in [1.82, 2.24) is 0 Å². The standard InChI is InChI=1S/C25H24FNO4/c1-14-22(25(29)31-3)23(16-4-8-18(26)9-5-16)24-20(27-14)12-17(13-21(24)28)15-6-10-19(30-2)11-7-15/h4-11,17,22-23H,12-13H2,1-3H3/t17-,22?,23+/m1/s1. The Morgan fingerprint density at radius 2 is 1.65 bits per heavy atom. The number of ketones is 1. The van der Waals surface area contributed by atoms with E-state index in [-0.39, 0.29) is 17.5 Å². The van der Waals surface area contributed by atoms with Crippen molar-refractivity contribution in [2.24, 2.45) is 10.9 Å². The molecule has 2 aromatic carbocycles. The van der Waals surface area contributed by atoms with Crippen LogP contribution in [0.3, 0.4) is 0 Å². The van der Waals surface area contributed by atoms with E-state index in [1.165, 1.54) is 19.2 Å². The molecule has 1 aliphatic carbocycles. The smallest absolute Gasteiger partial charge is 0.315 e. The third-order valence-corrected chi connectivity index (χ3v) is 6.16. The van der Waals surface area contributed by atoms with Crippen molar-refractivity contribution in [2.75, 3.05) is 14.2 Å². The Labute approximate surface area is 180 Å². The summed E-state index contributed by atoms with van der Waals surface area (Å²) < 4.78 is 23.8. The predicted molar refractivity (Wildman–Crippen MR) is 115 cm³/mol. The normalized spacial score (nSPS) is 23.2. The highest BCUT2D eigenvalue weighted by Gasteiger charge is 2.44. The molecule has 1 unspecified atom stereocenters. The highest BCUT2D eigenvalue weighted by molar-refractivity contribution is 6.09. The average Bonchev–Trinajstić information content (AvgIpc) is 2.78. The molecule has 5 nitrogen and oxygen atoms in total. The zero-order chi connectivity index (χ0) is 22.1. The molecule has 0 aromatic heterocycles. The van der Waals surface area contributed by atoms with Crippen LogP contribution in [0.4, 0.5) is 4.39 Å². The Hall–Kier alpha value is -3.28. The molecule has 3 atom stereocenters. The van der Waals surface area contributed by atoms with Gasteiger partial charge in [-0.2, -0.15) is 0 Å². The van der Waals surface area contributed by atoms with Crippen LogP contribution in [-0.4, -0.2) is 31.7 Å². The maximum absolute atomic E-state index is 13.6. The van der Waals surface area contributed by atoms with Gasteiger partial charge in [0.2, 0.25) is 0 Å². The van der Waals surface area contributed by atoms with E-state index in [9.17, 15) is 14.0 Å². The summed E-state index contributed by atoms with van der Waals surface area (Å²) in [5, 5.41) is 0. The second-order valence-electron chi connectivity index (χ2n) is 7.95. The maximum Gasteiger partial charge on any atom is 0.315 e.